The second kappa shape index (κ2) is 9.62. The predicted molar refractivity (Wildman–Crippen MR) is 181 cm³/mol. The van der Waals surface area contributed by atoms with Crippen LogP contribution < -0.4 is 0 Å². The average Bonchev–Trinajstić information content (AvgIpc) is 3.19. The third kappa shape index (κ3) is 5.36. The van der Waals surface area contributed by atoms with E-state index < -0.39 is 0 Å². The molecule has 0 radical (unpaired) electrons. The molecule has 214 valence electrons. The van der Waals surface area contributed by atoms with Crippen LogP contribution in [0.25, 0.3) is 38.6 Å². The number of nitrogens with zero attached hydrogens (tertiary/aromatic N) is 1. The van der Waals surface area contributed by atoms with Crippen LogP contribution in [0, 0.1) is 0 Å². The van der Waals surface area contributed by atoms with Crippen LogP contribution in [0.4, 0.5) is 0 Å². The highest BCUT2D eigenvalue weighted by molar-refractivity contribution is 6.10. The van der Waals surface area contributed by atoms with Gasteiger partial charge in [-0.15, -0.1) is 0 Å². The second-order valence-corrected chi connectivity index (χ2v) is 16.1. The lowest BCUT2D eigenvalue weighted by molar-refractivity contribution is 0.587. The van der Waals surface area contributed by atoms with E-state index in [1.807, 2.05) is 0 Å². The Morgan fingerprint density at radius 1 is 0.439 bits per heavy atom. The molecule has 5 rings (SSSR count). The largest absolute Gasteiger partial charge is 0.309 e. The van der Waals surface area contributed by atoms with Crippen LogP contribution in [0.2, 0.25) is 0 Å². The van der Waals surface area contributed by atoms with Crippen molar-refractivity contribution in [3.63, 3.8) is 0 Å². The van der Waals surface area contributed by atoms with E-state index in [9.17, 15) is 0 Å². The zero-order valence-electron chi connectivity index (χ0n) is 27.5. The van der Waals surface area contributed by atoms with Gasteiger partial charge in [0.1, 0.15) is 0 Å². The van der Waals surface area contributed by atoms with Gasteiger partial charge in [0, 0.05) is 10.8 Å². The molecule has 0 atom stereocenters. The van der Waals surface area contributed by atoms with Gasteiger partial charge >= 0.3 is 0 Å². The van der Waals surface area contributed by atoms with Gasteiger partial charge in [0.2, 0.25) is 0 Å². The van der Waals surface area contributed by atoms with E-state index in [0.29, 0.717) is 0 Å². The molecule has 0 aliphatic heterocycles. The first-order valence-electron chi connectivity index (χ1n) is 15.2. The summed E-state index contributed by atoms with van der Waals surface area (Å²) in [5.41, 5.74) is 12.1. The maximum atomic E-state index is 2.56. The van der Waals surface area contributed by atoms with E-state index in [2.05, 4.69) is 167 Å². The van der Waals surface area contributed by atoms with Gasteiger partial charge in [-0.05, 0) is 73.2 Å². The summed E-state index contributed by atoms with van der Waals surface area (Å²) in [5.74, 6) is 0. The Morgan fingerprint density at radius 3 is 1.29 bits per heavy atom. The van der Waals surface area contributed by atoms with E-state index >= 15 is 0 Å². The van der Waals surface area contributed by atoms with E-state index in [4.69, 9.17) is 0 Å². The van der Waals surface area contributed by atoms with Crippen LogP contribution in [0.5, 0.6) is 0 Å². The van der Waals surface area contributed by atoms with Crippen molar-refractivity contribution in [2.24, 2.45) is 0 Å². The Morgan fingerprint density at radius 2 is 0.878 bits per heavy atom. The number of aromatic nitrogens is 1. The second-order valence-electron chi connectivity index (χ2n) is 16.1. The molecule has 0 aliphatic rings. The van der Waals surface area contributed by atoms with Crippen LogP contribution in [0.15, 0.2) is 78.9 Å². The van der Waals surface area contributed by atoms with Gasteiger partial charge < -0.3 is 4.57 Å². The number of fused-ring (bicyclic) bond motifs is 3. The summed E-state index contributed by atoms with van der Waals surface area (Å²) >= 11 is 0. The molecule has 0 saturated carbocycles. The Kier molecular flexibility index (Phi) is 6.85. The number of benzene rings is 4. The highest BCUT2D eigenvalue weighted by atomic mass is 15.0. The zero-order chi connectivity index (χ0) is 30.1. The van der Waals surface area contributed by atoms with Gasteiger partial charge in [-0.25, -0.2) is 0 Å². The molecule has 1 aromatic heterocycles. The maximum absolute atomic E-state index is 2.56. The summed E-state index contributed by atoms with van der Waals surface area (Å²) in [6, 6.07) is 30.3. The van der Waals surface area contributed by atoms with Crippen molar-refractivity contribution < 1.29 is 0 Å². The monoisotopic (exact) mass is 543 g/mol. The summed E-state index contributed by atoms with van der Waals surface area (Å²) in [4.78, 5) is 0. The molecule has 0 bridgehead atoms. The smallest absolute Gasteiger partial charge is 0.0544 e. The minimum Gasteiger partial charge on any atom is -0.309 e. The van der Waals surface area contributed by atoms with Gasteiger partial charge in [-0.1, -0.05) is 144 Å². The zero-order valence-corrected chi connectivity index (χ0v) is 27.5. The van der Waals surface area contributed by atoms with E-state index in [1.165, 1.54) is 60.9 Å². The minimum absolute atomic E-state index is 0.0650. The highest BCUT2D eigenvalue weighted by Crippen LogP contribution is 2.43. The molecule has 41 heavy (non-hydrogen) atoms. The summed E-state index contributed by atoms with van der Waals surface area (Å²) in [5, 5.41) is 2.63. The van der Waals surface area contributed by atoms with Crippen molar-refractivity contribution in [2.45, 2.75) is 105 Å². The minimum atomic E-state index is -0.0686. The normalized spacial score (nSPS) is 13.4. The number of rotatable bonds is 2. The predicted octanol–water partition coefficient (Wildman–Crippen LogP) is 11.6. The fourth-order valence-electron chi connectivity index (χ4n) is 6.12. The van der Waals surface area contributed by atoms with Crippen LogP contribution >= 0.6 is 0 Å². The Hall–Kier alpha value is -3.32. The fraction of sp³-hybridized carbons (Fsp3) is 0.400. The molecule has 0 amide bonds. The van der Waals surface area contributed by atoms with Gasteiger partial charge in [0.25, 0.3) is 0 Å². The summed E-state index contributed by atoms with van der Waals surface area (Å²) in [6.07, 6.45) is 0. The first kappa shape index (κ1) is 29.2. The lowest BCUT2D eigenvalue weighted by atomic mass is 9.79. The van der Waals surface area contributed by atoms with Gasteiger partial charge in [0.05, 0.1) is 16.7 Å². The molecule has 5 aromatic rings. The van der Waals surface area contributed by atoms with Crippen LogP contribution in [0.3, 0.4) is 0 Å². The standard InChI is InChI=1S/C40H49N/c1-37(2,3)27-18-16-26(17-19-27)30-14-13-15-33(36(30)40(10,11)12)41-34-24-28(38(4,5)6)20-22-31(34)32-23-21-29(25-35(32)41)39(7,8)9/h13-25H,1-12H3. The molecule has 1 nitrogen and oxygen atoms in total. The Labute approximate surface area is 248 Å². The summed E-state index contributed by atoms with van der Waals surface area (Å²) < 4.78 is 2.56. The molecular weight excluding hydrogens is 494 g/mol. The van der Waals surface area contributed by atoms with Gasteiger partial charge in [-0.2, -0.15) is 0 Å². The molecule has 0 saturated heterocycles. The van der Waals surface area contributed by atoms with Crippen molar-refractivity contribution >= 4 is 21.8 Å². The molecule has 0 unspecified atom stereocenters. The molecule has 1 heterocycles. The quantitative estimate of drug-likeness (QED) is 0.209. The van der Waals surface area contributed by atoms with E-state index in [1.54, 1.807) is 0 Å². The van der Waals surface area contributed by atoms with Gasteiger partial charge in [0.15, 0.2) is 0 Å². The topological polar surface area (TPSA) is 4.93 Å². The molecule has 1 heteroatoms. The fourth-order valence-corrected chi connectivity index (χ4v) is 6.12. The maximum Gasteiger partial charge on any atom is 0.0544 e. The van der Waals surface area contributed by atoms with Crippen molar-refractivity contribution in [1.29, 1.82) is 0 Å². The van der Waals surface area contributed by atoms with Crippen molar-refractivity contribution in [3.8, 4) is 16.8 Å². The van der Waals surface area contributed by atoms with Crippen molar-refractivity contribution in [3.05, 3.63) is 101 Å². The van der Waals surface area contributed by atoms with Crippen LogP contribution in [-0.2, 0) is 21.7 Å². The first-order valence-corrected chi connectivity index (χ1v) is 15.2. The van der Waals surface area contributed by atoms with Crippen molar-refractivity contribution in [1.82, 2.24) is 4.57 Å². The van der Waals surface area contributed by atoms with Crippen LogP contribution in [0.1, 0.15) is 105 Å². The molecule has 0 fully saturated rings. The third-order valence-corrected chi connectivity index (χ3v) is 8.59. The van der Waals surface area contributed by atoms with E-state index in [0.717, 1.165) is 0 Å². The van der Waals surface area contributed by atoms with E-state index in [-0.39, 0.29) is 21.7 Å². The Balaban J connectivity index is 1.90. The average molecular weight is 544 g/mol. The molecule has 0 spiro atoms. The number of hydrogen-bond acceptors (Lipinski definition) is 0. The van der Waals surface area contributed by atoms with Crippen LogP contribution in [-0.4, -0.2) is 4.57 Å². The first-order chi connectivity index (χ1) is 18.9. The molecule has 0 N–H and O–H groups in total. The third-order valence-electron chi connectivity index (χ3n) is 8.59. The lowest BCUT2D eigenvalue weighted by Crippen LogP contribution is -2.17. The lowest BCUT2D eigenvalue weighted by Gasteiger charge is -2.28. The molecule has 4 aromatic carbocycles. The SMILES string of the molecule is CC(C)(C)c1ccc(-c2cccc(-n3c4cc(C(C)(C)C)ccc4c4ccc(C(C)(C)C)cc43)c2C(C)(C)C)cc1. The van der Waals surface area contributed by atoms with Gasteiger partial charge in [-0.3, -0.25) is 0 Å². The summed E-state index contributed by atoms with van der Waals surface area (Å²) in [7, 11) is 0. The highest BCUT2D eigenvalue weighted by Gasteiger charge is 2.27. The molecular formula is C40H49N. The Bertz CT molecular complexity index is 1660. The summed E-state index contributed by atoms with van der Waals surface area (Å²) in [6.45, 7) is 27.7. The van der Waals surface area contributed by atoms with Crippen molar-refractivity contribution in [2.75, 3.05) is 0 Å². The molecule has 0 aliphatic carbocycles. The number of hydrogen-bond donors (Lipinski definition) is 0.